The minimum absolute atomic E-state index is 0.353. The average molecular weight is 251 g/mol. The van der Waals surface area contributed by atoms with Gasteiger partial charge in [0.05, 0.1) is 13.2 Å². The number of ether oxygens (including phenoxy) is 2. The molecule has 1 heterocycles. The molecule has 96 valence electrons. The van der Waals surface area contributed by atoms with Gasteiger partial charge in [0.15, 0.2) is 6.29 Å². The van der Waals surface area contributed by atoms with E-state index in [9.17, 15) is 9.59 Å². The molecule has 1 aliphatic heterocycles. The Morgan fingerprint density at radius 2 is 1.83 bits per heavy atom. The molecule has 0 atom stereocenters. The minimum atomic E-state index is -1.16. The van der Waals surface area contributed by atoms with Crippen molar-refractivity contribution in [2.45, 2.75) is 12.7 Å². The lowest BCUT2D eigenvalue weighted by atomic mass is 10.2. The van der Waals surface area contributed by atoms with E-state index in [1.807, 2.05) is 0 Å². The normalized spacial score (nSPS) is 15.6. The van der Waals surface area contributed by atoms with Crippen LogP contribution < -0.4 is 5.32 Å². The van der Waals surface area contributed by atoms with E-state index in [0.29, 0.717) is 18.9 Å². The molecule has 0 aromatic heterocycles. The van der Waals surface area contributed by atoms with Crippen LogP contribution in [0.5, 0.6) is 0 Å². The first-order chi connectivity index (χ1) is 8.65. The lowest BCUT2D eigenvalue weighted by molar-refractivity contribution is -0.139. The topological polar surface area (TPSA) is 84.9 Å². The molecule has 18 heavy (non-hydrogen) atoms. The number of benzene rings is 1. The van der Waals surface area contributed by atoms with Gasteiger partial charge in [0.1, 0.15) is 6.42 Å². The summed E-state index contributed by atoms with van der Waals surface area (Å²) < 4.78 is 10.7. The number of anilines is 1. The Balaban J connectivity index is 1.94. The molecule has 0 aliphatic carbocycles. The highest BCUT2D eigenvalue weighted by molar-refractivity contribution is 6.01. The summed E-state index contributed by atoms with van der Waals surface area (Å²) in [7, 11) is 0. The van der Waals surface area contributed by atoms with Gasteiger partial charge in [-0.25, -0.2) is 0 Å². The van der Waals surface area contributed by atoms with E-state index in [1.54, 1.807) is 24.3 Å². The van der Waals surface area contributed by atoms with Crippen molar-refractivity contribution in [3.8, 4) is 0 Å². The molecule has 0 saturated carbocycles. The number of hydrogen-bond acceptors (Lipinski definition) is 4. The second kappa shape index (κ2) is 5.61. The van der Waals surface area contributed by atoms with Crippen molar-refractivity contribution in [3.63, 3.8) is 0 Å². The van der Waals surface area contributed by atoms with Gasteiger partial charge in [-0.05, 0) is 12.1 Å². The van der Waals surface area contributed by atoms with Gasteiger partial charge in [-0.15, -0.1) is 0 Å². The summed E-state index contributed by atoms with van der Waals surface area (Å²) in [4.78, 5) is 21.6. The maximum absolute atomic E-state index is 11.2. The number of carbonyl (C=O) groups excluding carboxylic acids is 1. The summed E-state index contributed by atoms with van der Waals surface area (Å²) >= 11 is 0. The standard InChI is InChI=1S/C12H13NO5/c14-10(7-11(15)16)13-9-3-1-8(2-4-9)12-17-5-6-18-12/h1-4,12H,5-7H2,(H,13,14)(H,15,16). The van der Waals surface area contributed by atoms with Gasteiger partial charge in [-0.2, -0.15) is 0 Å². The van der Waals surface area contributed by atoms with Crippen LogP contribution >= 0.6 is 0 Å². The average Bonchev–Trinajstić information content (AvgIpc) is 2.82. The van der Waals surface area contributed by atoms with E-state index >= 15 is 0 Å². The Morgan fingerprint density at radius 3 is 2.39 bits per heavy atom. The van der Waals surface area contributed by atoms with Crippen molar-refractivity contribution in [1.29, 1.82) is 0 Å². The Morgan fingerprint density at radius 1 is 1.22 bits per heavy atom. The number of carboxylic acids is 1. The van der Waals surface area contributed by atoms with Crippen molar-refractivity contribution in [2.75, 3.05) is 18.5 Å². The third kappa shape index (κ3) is 3.28. The lowest BCUT2D eigenvalue weighted by Gasteiger charge is -2.10. The fourth-order valence-electron chi connectivity index (χ4n) is 1.62. The summed E-state index contributed by atoms with van der Waals surface area (Å²) in [5.74, 6) is -1.71. The number of rotatable bonds is 4. The molecule has 2 rings (SSSR count). The van der Waals surface area contributed by atoms with Gasteiger partial charge in [-0.3, -0.25) is 9.59 Å². The van der Waals surface area contributed by atoms with Crippen LogP contribution in [-0.2, 0) is 19.1 Å². The Bertz CT molecular complexity index is 436. The molecule has 1 aliphatic rings. The van der Waals surface area contributed by atoms with Crippen molar-refractivity contribution in [2.24, 2.45) is 0 Å². The molecule has 1 fully saturated rings. The fraction of sp³-hybridized carbons (Fsp3) is 0.333. The Hall–Kier alpha value is -1.92. The molecular formula is C12H13NO5. The maximum Gasteiger partial charge on any atom is 0.312 e. The van der Waals surface area contributed by atoms with Gasteiger partial charge < -0.3 is 19.9 Å². The minimum Gasteiger partial charge on any atom is -0.481 e. The Kier molecular flexibility index (Phi) is 3.91. The third-order valence-electron chi connectivity index (χ3n) is 2.40. The number of aliphatic carboxylic acids is 1. The van der Waals surface area contributed by atoms with E-state index in [1.165, 1.54) is 0 Å². The van der Waals surface area contributed by atoms with Crippen molar-refractivity contribution < 1.29 is 24.2 Å². The highest BCUT2D eigenvalue weighted by Crippen LogP contribution is 2.24. The van der Waals surface area contributed by atoms with E-state index < -0.39 is 18.3 Å². The largest absolute Gasteiger partial charge is 0.481 e. The number of carboxylic acid groups (broad SMARTS) is 1. The van der Waals surface area contributed by atoms with Crippen molar-refractivity contribution in [1.82, 2.24) is 0 Å². The van der Waals surface area contributed by atoms with E-state index in [4.69, 9.17) is 14.6 Å². The molecule has 1 aromatic carbocycles. The van der Waals surface area contributed by atoms with Crippen LogP contribution in [0.25, 0.3) is 0 Å². The van der Waals surface area contributed by atoms with Gasteiger partial charge in [-0.1, -0.05) is 12.1 Å². The molecule has 1 saturated heterocycles. The van der Waals surface area contributed by atoms with Crippen molar-refractivity contribution >= 4 is 17.6 Å². The molecule has 0 bridgehead atoms. The second-order valence-corrected chi connectivity index (χ2v) is 3.81. The third-order valence-corrected chi connectivity index (χ3v) is 2.40. The molecular weight excluding hydrogens is 238 g/mol. The van der Waals surface area contributed by atoms with Gasteiger partial charge in [0.25, 0.3) is 0 Å². The molecule has 0 spiro atoms. The summed E-state index contributed by atoms with van der Waals surface area (Å²) in [5, 5.41) is 10.9. The molecule has 6 nitrogen and oxygen atoms in total. The van der Waals surface area contributed by atoms with Crippen LogP contribution in [0.4, 0.5) is 5.69 Å². The van der Waals surface area contributed by atoms with Crippen LogP contribution in [0.2, 0.25) is 0 Å². The van der Waals surface area contributed by atoms with E-state index in [2.05, 4.69) is 5.32 Å². The SMILES string of the molecule is O=C(O)CC(=O)Nc1ccc(C2OCCO2)cc1. The second-order valence-electron chi connectivity index (χ2n) is 3.81. The van der Waals surface area contributed by atoms with Crippen LogP contribution in [-0.4, -0.2) is 30.2 Å². The number of carbonyl (C=O) groups is 2. The number of hydrogen-bond donors (Lipinski definition) is 2. The van der Waals surface area contributed by atoms with Crippen LogP contribution in [0.3, 0.4) is 0 Å². The first-order valence-electron chi connectivity index (χ1n) is 5.50. The molecule has 0 radical (unpaired) electrons. The first-order valence-corrected chi connectivity index (χ1v) is 5.50. The zero-order chi connectivity index (χ0) is 13.0. The summed E-state index contributed by atoms with van der Waals surface area (Å²) in [5.41, 5.74) is 1.41. The first kappa shape index (κ1) is 12.5. The number of amides is 1. The number of nitrogens with one attached hydrogen (secondary N) is 1. The van der Waals surface area contributed by atoms with Crippen LogP contribution in [0.1, 0.15) is 18.3 Å². The van der Waals surface area contributed by atoms with E-state index in [-0.39, 0.29) is 6.29 Å². The zero-order valence-electron chi connectivity index (χ0n) is 9.59. The maximum atomic E-state index is 11.2. The quantitative estimate of drug-likeness (QED) is 0.784. The zero-order valence-corrected chi connectivity index (χ0v) is 9.59. The molecule has 0 unspecified atom stereocenters. The van der Waals surface area contributed by atoms with Crippen LogP contribution in [0, 0.1) is 0 Å². The molecule has 6 heteroatoms. The fourth-order valence-corrected chi connectivity index (χ4v) is 1.62. The molecule has 1 amide bonds. The molecule has 2 N–H and O–H groups in total. The summed E-state index contributed by atoms with van der Waals surface area (Å²) in [6.07, 6.45) is -0.898. The Labute approximate surface area is 104 Å². The highest BCUT2D eigenvalue weighted by atomic mass is 16.7. The smallest absolute Gasteiger partial charge is 0.312 e. The predicted molar refractivity (Wildman–Crippen MR) is 62.0 cm³/mol. The lowest BCUT2D eigenvalue weighted by Crippen LogP contribution is -2.15. The monoisotopic (exact) mass is 251 g/mol. The highest BCUT2D eigenvalue weighted by Gasteiger charge is 2.17. The summed E-state index contributed by atoms with van der Waals surface area (Å²) in [6.45, 7) is 1.14. The van der Waals surface area contributed by atoms with Crippen molar-refractivity contribution in [3.05, 3.63) is 29.8 Å². The summed E-state index contributed by atoms with van der Waals surface area (Å²) in [6, 6.07) is 6.90. The predicted octanol–water partition coefficient (Wildman–Crippen LogP) is 1.15. The van der Waals surface area contributed by atoms with Crippen LogP contribution in [0.15, 0.2) is 24.3 Å². The van der Waals surface area contributed by atoms with Gasteiger partial charge >= 0.3 is 5.97 Å². The van der Waals surface area contributed by atoms with Gasteiger partial charge in [0, 0.05) is 11.3 Å². The van der Waals surface area contributed by atoms with Gasteiger partial charge in [0.2, 0.25) is 5.91 Å². The van der Waals surface area contributed by atoms with E-state index in [0.717, 1.165) is 5.56 Å². The molecule has 1 aromatic rings.